The topological polar surface area (TPSA) is 42.4 Å². The first-order valence-corrected chi connectivity index (χ1v) is 8.62. The average molecular weight is 310 g/mol. The monoisotopic (exact) mass is 310 g/mol. The predicted molar refractivity (Wildman–Crippen MR) is 85.4 cm³/mol. The van der Waals surface area contributed by atoms with E-state index in [1.165, 1.54) is 0 Å². The molecule has 1 aromatic rings. The highest BCUT2D eigenvalue weighted by Crippen LogP contribution is 2.26. The minimum absolute atomic E-state index is 0.0285. The van der Waals surface area contributed by atoms with Gasteiger partial charge in [0, 0.05) is 17.3 Å². The number of hydrogen-bond donors (Lipinski definition) is 0. The van der Waals surface area contributed by atoms with Gasteiger partial charge in [0.2, 0.25) is 0 Å². The van der Waals surface area contributed by atoms with Crippen LogP contribution in [0.2, 0.25) is 0 Å². The lowest BCUT2D eigenvalue weighted by molar-refractivity contribution is -0.150. The Balaban J connectivity index is 1.93. The van der Waals surface area contributed by atoms with Gasteiger partial charge in [-0.1, -0.05) is 20.8 Å². The summed E-state index contributed by atoms with van der Waals surface area (Å²) in [6.07, 6.45) is 2.00. The van der Waals surface area contributed by atoms with Crippen LogP contribution in [0, 0.1) is 5.92 Å². The highest BCUT2D eigenvalue weighted by atomic mass is 32.1. The molecule has 0 spiro atoms. The number of ether oxygens (including phenoxy) is 1. The third-order valence-electron chi connectivity index (χ3n) is 3.80. The summed E-state index contributed by atoms with van der Waals surface area (Å²) in [4.78, 5) is 18.9. The highest BCUT2D eigenvalue weighted by Gasteiger charge is 2.27. The summed E-state index contributed by atoms with van der Waals surface area (Å²) in [6.45, 7) is 11.6. The van der Waals surface area contributed by atoms with Crippen LogP contribution in [0.4, 0.5) is 0 Å². The second-order valence-electron chi connectivity index (χ2n) is 6.70. The minimum Gasteiger partial charge on any atom is -0.466 e. The molecule has 1 fully saturated rings. The molecule has 0 saturated carbocycles. The summed E-state index contributed by atoms with van der Waals surface area (Å²) in [5, 5.41) is 3.30. The number of esters is 1. The Bertz CT molecular complexity index is 479. The van der Waals surface area contributed by atoms with Crippen molar-refractivity contribution in [3.05, 3.63) is 16.1 Å². The van der Waals surface area contributed by atoms with Gasteiger partial charge in [0.15, 0.2) is 0 Å². The number of carbonyl (C=O) groups is 1. The second-order valence-corrected chi connectivity index (χ2v) is 7.65. The third kappa shape index (κ3) is 4.51. The Labute approximate surface area is 131 Å². The van der Waals surface area contributed by atoms with Gasteiger partial charge in [-0.2, -0.15) is 0 Å². The van der Waals surface area contributed by atoms with Crippen molar-refractivity contribution in [1.82, 2.24) is 9.88 Å². The van der Waals surface area contributed by atoms with E-state index in [0.717, 1.165) is 43.2 Å². The van der Waals surface area contributed by atoms with E-state index in [0.29, 0.717) is 6.61 Å². The molecule has 2 rings (SSSR count). The molecule has 5 heteroatoms. The Morgan fingerprint density at radius 3 is 2.90 bits per heavy atom. The molecule has 0 aliphatic carbocycles. The molecule has 0 N–H and O–H groups in total. The van der Waals surface area contributed by atoms with Crippen molar-refractivity contribution in [2.75, 3.05) is 19.7 Å². The number of likely N-dealkylation sites (tertiary alicyclic amines) is 1. The van der Waals surface area contributed by atoms with Crippen LogP contribution in [-0.4, -0.2) is 35.5 Å². The largest absolute Gasteiger partial charge is 0.466 e. The number of carbonyl (C=O) groups excluding carboxylic acids is 1. The van der Waals surface area contributed by atoms with Gasteiger partial charge in [0.05, 0.1) is 24.8 Å². The molecule has 1 atom stereocenters. The number of hydrogen-bond acceptors (Lipinski definition) is 5. The standard InChI is InChI=1S/C16H26N2O2S/c1-5-20-15(19)12-7-6-8-18(9-12)10-14-17-13(11-21-14)16(2,3)4/h11-12H,5-10H2,1-4H3/t12-/m0/s1. The molecule has 1 aliphatic heterocycles. The van der Waals surface area contributed by atoms with E-state index in [-0.39, 0.29) is 17.3 Å². The normalized spacial score (nSPS) is 20.5. The van der Waals surface area contributed by atoms with Gasteiger partial charge in [0.25, 0.3) is 0 Å². The molecule has 0 radical (unpaired) electrons. The zero-order valence-corrected chi connectivity index (χ0v) is 14.3. The maximum Gasteiger partial charge on any atom is 0.310 e. The maximum atomic E-state index is 11.9. The number of thiazole rings is 1. The highest BCUT2D eigenvalue weighted by molar-refractivity contribution is 7.09. The van der Waals surface area contributed by atoms with Crippen LogP contribution < -0.4 is 0 Å². The number of nitrogens with zero attached hydrogens (tertiary/aromatic N) is 2. The van der Waals surface area contributed by atoms with E-state index in [1.807, 2.05) is 6.92 Å². The van der Waals surface area contributed by atoms with Crippen molar-refractivity contribution in [2.45, 2.75) is 52.5 Å². The molecule has 0 unspecified atom stereocenters. The zero-order valence-electron chi connectivity index (χ0n) is 13.5. The molecule has 1 saturated heterocycles. The van der Waals surface area contributed by atoms with Crippen LogP contribution in [0.25, 0.3) is 0 Å². The molecule has 0 aromatic carbocycles. The van der Waals surface area contributed by atoms with Crippen molar-refractivity contribution in [1.29, 1.82) is 0 Å². The molecular formula is C16H26N2O2S. The Kier molecular flexibility index (Phi) is 5.38. The molecule has 118 valence electrons. The van der Waals surface area contributed by atoms with E-state index >= 15 is 0 Å². The van der Waals surface area contributed by atoms with Crippen molar-refractivity contribution >= 4 is 17.3 Å². The van der Waals surface area contributed by atoms with E-state index in [1.54, 1.807) is 11.3 Å². The molecular weight excluding hydrogens is 284 g/mol. The Morgan fingerprint density at radius 2 is 2.29 bits per heavy atom. The van der Waals surface area contributed by atoms with Crippen molar-refractivity contribution in [3.8, 4) is 0 Å². The van der Waals surface area contributed by atoms with Crippen LogP contribution in [-0.2, 0) is 21.5 Å². The fourth-order valence-corrected chi connectivity index (χ4v) is 3.63. The summed E-state index contributed by atoms with van der Waals surface area (Å²) < 4.78 is 5.15. The lowest BCUT2D eigenvalue weighted by atomic mass is 9.93. The van der Waals surface area contributed by atoms with Gasteiger partial charge in [-0.15, -0.1) is 11.3 Å². The molecule has 1 aromatic heterocycles. The molecule has 1 aliphatic rings. The first-order chi connectivity index (χ1) is 9.90. The van der Waals surface area contributed by atoms with E-state index in [9.17, 15) is 4.79 Å². The zero-order chi connectivity index (χ0) is 15.5. The first-order valence-electron chi connectivity index (χ1n) is 7.74. The van der Waals surface area contributed by atoms with Crippen LogP contribution in [0.5, 0.6) is 0 Å². The second kappa shape index (κ2) is 6.88. The van der Waals surface area contributed by atoms with Crippen molar-refractivity contribution < 1.29 is 9.53 Å². The van der Waals surface area contributed by atoms with E-state index in [2.05, 4.69) is 31.1 Å². The van der Waals surface area contributed by atoms with Gasteiger partial charge < -0.3 is 4.74 Å². The van der Waals surface area contributed by atoms with Crippen molar-refractivity contribution in [3.63, 3.8) is 0 Å². The van der Waals surface area contributed by atoms with Gasteiger partial charge >= 0.3 is 5.97 Å². The summed E-state index contributed by atoms with van der Waals surface area (Å²) in [7, 11) is 0. The number of aromatic nitrogens is 1. The quantitative estimate of drug-likeness (QED) is 0.801. The molecule has 21 heavy (non-hydrogen) atoms. The molecule has 2 heterocycles. The first kappa shape index (κ1) is 16.4. The summed E-state index contributed by atoms with van der Waals surface area (Å²) >= 11 is 1.72. The van der Waals surface area contributed by atoms with Crippen LogP contribution >= 0.6 is 11.3 Å². The minimum atomic E-state index is -0.0447. The van der Waals surface area contributed by atoms with Gasteiger partial charge in [-0.05, 0) is 26.3 Å². The fourth-order valence-electron chi connectivity index (χ4n) is 2.57. The van der Waals surface area contributed by atoms with Crippen LogP contribution in [0.15, 0.2) is 5.38 Å². The molecule has 4 nitrogen and oxygen atoms in total. The number of rotatable bonds is 4. The third-order valence-corrected chi connectivity index (χ3v) is 4.64. The van der Waals surface area contributed by atoms with Crippen molar-refractivity contribution in [2.24, 2.45) is 5.92 Å². The summed E-state index contributed by atoms with van der Waals surface area (Å²) in [5.74, 6) is -0.0162. The predicted octanol–water partition coefficient (Wildman–Crippen LogP) is 3.22. The summed E-state index contributed by atoms with van der Waals surface area (Å²) in [6, 6.07) is 0. The van der Waals surface area contributed by atoms with E-state index < -0.39 is 0 Å². The Morgan fingerprint density at radius 1 is 1.52 bits per heavy atom. The van der Waals surface area contributed by atoms with Gasteiger partial charge in [-0.25, -0.2) is 4.98 Å². The average Bonchev–Trinajstić information content (AvgIpc) is 2.88. The number of piperidine rings is 1. The lowest BCUT2D eigenvalue weighted by Gasteiger charge is -2.30. The van der Waals surface area contributed by atoms with Crippen LogP contribution in [0.3, 0.4) is 0 Å². The molecule has 0 bridgehead atoms. The SMILES string of the molecule is CCOC(=O)[C@H]1CCCN(Cc2nc(C(C)(C)C)cs2)C1. The maximum absolute atomic E-state index is 11.9. The van der Waals surface area contributed by atoms with E-state index in [4.69, 9.17) is 9.72 Å². The van der Waals surface area contributed by atoms with Crippen LogP contribution in [0.1, 0.15) is 51.2 Å². The summed E-state index contributed by atoms with van der Waals surface area (Å²) in [5.41, 5.74) is 1.26. The fraction of sp³-hybridized carbons (Fsp3) is 0.750. The smallest absolute Gasteiger partial charge is 0.310 e. The molecule has 0 amide bonds. The van der Waals surface area contributed by atoms with Gasteiger partial charge in [-0.3, -0.25) is 9.69 Å². The Hall–Kier alpha value is -0.940. The van der Waals surface area contributed by atoms with Gasteiger partial charge in [0.1, 0.15) is 5.01 Å². The lowest BCUT2D eigenvalue weighted by Crippen LogP contribution is -2.38.